The molecule has 0 aliphatic heterocycles. The first kappa shape index (κ1) is 14.8. The Kier molecular flexibility index (Phi) is 4.95. The number of anilines is 1. The molecule has 0 saturated heterocycles. The van der Waals surface area contributed by atoms with E-state index in [9.17, 15) is 4.79 Å². The van der Waals surface area contributed by atoms with Crippen LogP contribution in [-0.4, -0.2) is 23.5 Å². The van der Waals surface area contributed by atoms with E-state index in [1.807, 2.05) is 18.7 Å². The summed E-state index contributed by atoms with van der Waals surface area (Å²) >= 11 is 1.88. The van der Waals surface area contributed by atoms with Gasteiger partial charge in [-0.05, 0) is 49.1 Å². The van der Waals surface area contributed by atoms with E-state index < -0.39 is 0 Å². The lowest BCUT2D eigenvalue weighted by Gasteiger charge is -2.11. The van der Waals surface area contributed by atoms with Crippen LogP contribution >= 0.6 is 11.8 Å². The zero-order valence-electron chi connectivity index (χ0n) is 11.8. The summed E-state index contributed by atoms with van der Waals surface area (Å²) in [4.78, 5) is 12.1. The van der Waals surface area contributed by atoms with Gasteiger partial charge in [0.2, 0.25) is 0 Å². The van der Waals surface area contributed by atoms with E-state index in [0.29, 0.717) is 17.0 Å². The summed E-state index contributed by atoms with van der Waals surface area (Å²) in [5, 5.41) is 3.80. The summed E-state index contributed by atoms with van der Waals surface area (Å²) in [5.74, 6) is 2.31. The van der Waals surface area contributed by atoms with Crippen molar-refractivity contribution < 1.29 is 9.21 Å². The summed E-state index contributed by atoms with van der Waals surface area (Å²) in [6, 6.07) is 7.21. The fraction of sp³-hybridized carbons (Fsp3) is 0.400. The van der Waals surface area contributed by atoms with Crippen molar-refractivity contribution in [3.05, 3.63) is 30.0 Å². The van der Waals surface area contributed by atoms with Gasteiger partial charge in [0.05, 0.1) is 0 Å². The predicted octanol–water partition coefficient (Wildman–Crippen LogP) is 3.28. The van der Waals surface area contributed by atoms with Gasteiger partial charge in [0, 0.05) is 17.1 Å². The first-order valence-corrected chi connectivity index (χ1v) is 7.93. The van der Waals surface area contributed by atoms with E-state index in [4.69, 9.17) is 10.2 Å². The lowest BCUT2D eigenvalue weighted by Crippen LogP contribution is -2.32. The fourth-order valence-electron chi connectivity index (χ4n) is 1.95. The van der Waals surface area contributed by atoms with E-state index in [0.717, 1.165) is 23.3 Å². The number of benzene rings is 1. The molecule has 1 aromatic carbocycles. The van der Waals surface area contributed by atoms with E-state index in [1.165, 1.54) is 0 Å². The van der Waals surface area contributed by atoms with Crippen LogP contribution in [-0.2, 0) is 0 Å². The smallest absolute Gasteiger partial charge is 0.287 e. The molecule has 0 bridgehead atoms. The highest BCUT2D eigenvalue weighted by Crippen LogP contribution is 2.21. The molecule has 0 radical (unpaired) electrons. The van der Waals surface area contributed by atoms with Gasteiger partial charge in [-0.3, -0.25) is 4.79 Å². The van der Waals surface area contributed by atoms with Crippen molar-refractivity contribution in [3.8, 4) is 0 Å². The third-order valence-electron chi connectivity index (χ3n) is 3.04. The highest BCUT2D eigenvalue weighted by atomic mass is 32.2. The number of hydrogen-bond donors (Lipinski definition) is 2. The molecule has 0 saturated carbocycles. The number of hydrogen-bond acceptors (Lipinski definition) is 4. The minimum absolute atomic E-state index is 0.139. The fourth-order valence-corrected chi connectivity index (χ4v) is 2.75. The van der Waals surface area contributed by atoms with E-state index >= 15 is 0 Å². The van der Waals surface area contributed by atoms with Gasteiger partial charge in [0.25, 0.3) is 5.91 Å². The molecule has 5 heteroatoms. The number of rotatable bonds is 6. The predicted molar refractivity (Wildman–Crippen MR) is 85.2 cm³/mol. The largest absolute Gasteiger partial charge is 0.451 e. The van der Waals surface area contributed by atoms with Crippen LogP contribution in [0.15, 0.2) is 28.7 Å². The Morgan fingerprint density at radius 2 is 2.25 bits per heavy atom. The zero-order valence-corrected chi connectivity index (χ0v) is 12.6. The van der Waals surface area contributed by atoms with Gasteiger partial charge in [0.15, 0.2) is 5.76 Å². The molecule has 0 aliphatic carbocycles. The Balaban J connectivity index is 2.00. The van der Waals surface area contributed by atoms with Crippen LogP contribution in [0.2, 0.25) is 0 Å². The molecular formula is C15H20N2O2S. The van der Waals surface area contributed by atoms with Crippen LogP contribution in [0.5, 0.6) is 0 Å². The van der Waals surface area contributed by atoms with E-state index in [2.05, 4.69) is 12.2 Å². The summed E-state index contributed by atoms with van der Waals surface area (Å²) in [7, 11) is 0. The molecule has 0 aliphatic rings. The standard InChI is InChI=1S/C15H20N2O2S/c1-3-20-7-6-10(2)17-15(18)14-9-11-8-12(16)4-5-13(11)19-14/h4-5,8-10H,3,6-7,16H2,1-2H3,(H,17,18). The SMILES string of the molecule is CCSCCC(C)NC(=O)c1cc2cc(N)ccc2o1. The molecule has 3 N–H and O–H groups in total. The molecule has 4 nitrogen and oxygen atoms in total. The maximum absolute atomic E-state index is 12.1. The molecule has 20 heavy (non-hydrogen) atoms. The number of nitrogens with one attached hydrogen (secondary N) is 1. The van der Waals surface area contributed by atoms with E-state index in [-0.39, 0.29) is 11.9 Å². The first-order chi connectivity index (χ1) is 9.60. The number of amides is 1. The third kappa shape index (κ3) is 3.70. The van der Waals surface area contributed by atoms with Crippen molar-refractivity contribution in [2.75, 3.05) is 17.2 Å². The maximum Gasteiger partial charge on any atom is 0.287 e. The highest BCUT2D eigenvalue weighted by molar-refractivity contribution is 7.99. The number of nitrogen functional groups attached to an aromatic ring is 1. The molecule has 0 fully saturated rings. The van der Waals surface area contributed by atoms with Crippen LogP contribution in [0.1, 0.15) is 30.8 Å². The molecule has 1 heterocycles. The second-order valence-corrected chi connectivity index (χ2v) is 6.16. The summed E-state index contributed by atoms with van der Waals surface area (Å²) < 4.78 is 5.54. The maximum atomic E-state index is 12.1. The van der Waals surface area contributed by atoms with Gasteiger partial charge in [-0.2, -0.15) is 11.8 Å². The summed E-state index contributed by atoms with van der Waals surface area (Å²) in [6.45, 7) is 4.14. The van der Waals surface area contributed by atoms with Crippen LogP contribution in [0, 0.1) is 0 Å². The molecule has 1 atom stereocenters. The molecule has 2 rings (SSSR count). The second-order valence-electron chi connectivity index (χ2n) is 4.77. The molecule has 108 valence electrons. The van der Waals surface area contributed by atoms with E-state index in [1.54, 1.807) is 24.3 Å². The summed E-state index contributed by atoms with van der Waals surface area (Å²) in [6.07, 6.45) is 0.956. The average molecular weight is 292 g/mol. The average Bonchev–Trinajstić information content (AvgIpc) is 2.82. The number of carbonyl (C=O) groups is 1. The van der Waals surface area contributed by atoms with Gasteiger partial charge in [-0.25, -0.2) is 0 Å². The van der Waals surface area contributed by atoms with Crippen molar-refractivity contribution in [2.45, 2.75) is 26.3 Å². The first-order valence-electron chi connectivity index (χ1n) is 6.78. The Morgan fingerprint density at radius 3 is 3.00 bits per heavy atom. The number of carbonyl (C=O) groups excluding carboxylic acids is 1. The van der Waals surface area contributed by atoms with Crippen LogP contribution in [0.4, 0.5) is 5.69 Å². The number of nitrogens with two attached hydrogens (primary N) is 1. The van der Waals surface area contributed by atoms with Crippen molar-refractivity contribution in [3.63, 3.8) is 0 Å². The number of fused-ring (bicyclic) bond motifs is 1. The number of furan rings is 1. The van der Waals surface area contributed by atoms with Crippen molar-refractivity contribution >= 4 is 34.3 Å². The van der Waals surface area contributed by atoms with Gasteiger partial charge < -0.3 is 15.5 Å². The normalized spacial score (nSPS) is 12.5. The van der Waals surface area contributed by atoms with Crippen molar-refractivity contribution in [2.24, 2.45) is 0 Å². The second kappa shape index (κ2) is 6.70. The Hall–Kier alpha value is -1.62. The van der Waals surface area contributed by atoms with Gasteiger partial charge in [-0.15, -0.1) is 0 Å². The Bertz CT molecular complexity index is 595. The Morgan fingerprint density at radius 1 is 1.45 bits per heavy atom. The minimum atomic E-state index is -0.172. The molecule has 1 amide bonds. The van der Waals surface area contributed by atoms with Crippen LogP contribution in [0.25, 0.3) is 11.0 Å². The zero-order chi connectivity index (χ0) is 14.5. The molecular weight excluding hydrogens is 272 g/mol. The minimum Gasteiger partial charge on any atom is -0.451 e. The van der Waals surface area contributed by atoms with Crippen LogP contribution in [0.3, 0.4) is 0 Å². The molecule has 1 unspecified atom stereocenters. The highest BCUT2D eigenvalue weighted by Gasteiger charge is 2.14. The monoisotopic (exact) mass is 292 g/mol. The topological polar surface area (TPSA) is 68.3 Å². The molecule has 1 aromatic heterocycles. The van der Waals surface area contributed by atoms with Crippen LogP contribution < -0.4 is 11.1 Å². The third-order valence-corrected chi connectivity index (χ3v) is 3.97. The lowest BCUT2D eigenvalue weighted by atomic mass is 10.2. The quantitative estimate of drug-likeness (QED) is 0.633. The molecule has 2 aromatic rings. The van der Waals surface area contributed by atoms with Gasteiger partial charge in [-0.1, -0.05) is 6.92 Å². The van der Waals surface area contributed by atoms with Crippen molar-refractivity contribution in [1.82, 2.24) is 5.32 Å². The number of thioether (sulfide) groups is 1. The van der Waals surface area contributed by atoms with Crippen molar-refractivity contribution in [1.29, 1.82) is 0 Å². The van der Waals surface area contributed by atoms with Gasteiger partial charge >= 0.3 is 0 Å². The molecule has 0 spiro atoms. The van der Waals surface area contributed by atoms with Gasteiger partial charge in [0.1, 0.15) is 5.58 Å². The lowest BCUT2D eigenvalue weighted by molar-refractivity contribution is 0.0913. The summed E-state index contributed by atoms with van der Waals surface area (Å²) in [5.41, 5.74) is 7.05. The Labute approximate surface area is 123 Å².